The molecule has 28 heavy (non-hydrogen) atoms. The summed E-state index contributed by atoms with van der Waals surface area (Å²) in [6.45, 7) is -0.558. The molecule has 0 atom stereocenters. The van der Waals surface area contributed by atoms with Crippen molar-refractivity contribution in [3.8, 4) is 11.5 Å². The highest BCUT2D eigenvalue weighted by molar-refractivity contribution is 6.32. The molecule has 1 heterocycles. The average molecular weight is 403 g/mol. The van der Waals surface area contributed by atoms with Gasteiger partial charge in [-0.1, -0.05) is 29.8 Å². The van der Waals surface area contributed by atoms with Gasteiger partial charge in [-0.2, -0.15) is 5.10 Å². The molecular weight excluding hydrogens is 388 g/mol. The number of nitrogens with one attached hydrogen (secondary N) is 1. The fourth-order valence-electron chi connectivity index (χ4n) is 2.40. The van der Waals surface area contributed by atoms with Gasteiger partial charge < -0.3 is 19.0 Å². The molecular formula is C19H15ClN2O6. The molecule has 1 amide bonds. The van der Waals surface area contributed by atoms with Gasteiger partial charge >= 0.3 is 11.9 Å². The van der Waals surface area contributed by atoms with E-state index in [0.29, 0.717) is 11.1 Å². The highest BCUT2D eigenvalue weighted by Gasteiger charge is 2.14. The van der Waals surface area contributed by atoms with Gasteiger partial charge in [-0.05, 0) is 29.8 Å². The fraction of sp³-hybridized carbons (Fsp3) is 0.105. The molecule has 1 aromatic heterocycles. The van der Waals surface area contributed by atoms with Crippen molar-refractivity contribution in [3.05, 3.63) is 58.8 Å². The second kappa shape index (κ2) is 8.45. The highest BCUT2D eigenvalue weighted by Crippen LogP contribution is 2.36. The number of carboxylic acid groups (broad SMARTS) is 1. The molecule has 0 unspecified atom stereocenters. The maximum Gasteiger partial charge on any atom is 0.341 e. The van der Waals surface area contributed by atoms with E-state index in [0.717, 1.165) is 5.39 Å². The first-order valence-corrected chi connectivity index (χ1v) is 8.40. The van der Waals surface area contributed by atoms with Gasteiger partial charge in [-0.3, -0.25) is 4.79 Å². The Morgan fingerprint density at radius 1 is 1.29 bits per heavy atom. The number of para-hydroxylation sites is 1. The Bertz CT molecular complexity index is 1030. The maximum absolute atomic E-state index is 12.2. The number of methoxy groups -OCH3 is 1. The molecule has 8 nitrogen and oxygen atoms in total. The van der Waals surface area contributed by atoms with Crippen LogP contribution in [0.15, 0.2) is 52.0 Å². The minimum absolute atomic E-state index is 0.107. The van der Waals surface area contributed by atoms with Crippen LogP contribution in [0.5, 0.6) is 11.5 Å². The van der Waals surface area contributed by atoms with Crippen LogP contribution in [0.1, 0.15) is 16.1 Å². The lowest BCUT2D eigenvalue weighted by Gasteiger charge is -2.11. The van der Waals surface area contributed by atoms with Crippen LogP contribution in [0.4, 0.5) is 0 Å². The SMILES string of the molecule is COc1cc(/C=N/NC(=O)c2cc3ccccc3o2)cc(Cl)c1OCC(=O)O. The van der Waals surface area contributed by atoms with Crippen molar-refractivity contribution in [1.82, 2.24) is 5.43 Å². The number of rotatable bonds is 7. The van der Waals surface area contributed by atoms with E-state index in [1.54, 1.807) is 18.2 Å². The first kappa shape index (κ1) is 19.2. The number of nitrogens with zero attached hydrogens (tertiary/aromatic N) is 1. The second-order valence-electron chi connectivity index (χ2n) is 5.56. The number of hydrogen-bond acceptors (Lipinski definition) is 6. The fourth-order valence-corrected chi connectivity index (χ4v) is 2.68. The van der Waals surface area contributed by atoms with E-state index in [-0.39, 0.29) is 22.3 Å². The molecule has 9 heteroatoms. The third-order valence-corrected chi connectivity index (χ3v) is 3.90. The number of ether oxygens (including phenoxy) is 2. The first-order valence-electron chi connectivity index (χ1n) is 8.02. The van der Waals surface area contributed by atoms with Crippen molar-refractivity contribution in [2.45, 2.75) is 0 Å². The number of aliphatic carboxylic acids is 1. The van der Waals surface area contributed by atoms with Crippen molar-refractivity contribution < 1.29 is 28.6 Å². The Kier molecular flexibility index (Phi) is 5.81. The summed E-state index contributed by atoms with van der Waals surface area (Å²) in [5.41, 5.74) is 3.47. The van der Waals surface area contributed by atoms with Gasteiger partial charge in [0.25, 0.3) is 0 Å². The van der Waals surface area contributed by atoms with E-state index in [2.05, 4.69) is 10.5 Å². The monoisotopic (exact) mass is 402 g/mol. The normalized spacial score (nSPS) is 10.9. The molecule has 144 valence electrons. The summed E-state index contributed by atoms with van der Waals surface area (Å²) >= 11 is 6.12. The molecule has 0 saturated heterocycles. The largest absolute Gasteiger partial charge is 0.493 e. The highest BCUT2D eigenvalue weighted by atomic mass is 35.5. The van der Waals surface area contributed by atoms with E-state index >= 15 is 0 Å². The molecule has 3 rings (SSSR count). The molecule has 0 aliphatic carbocycles. The second-order valence-corrected chi connectivity index (χ2v) is 5.97. The quantitative estimate of drug-likeness (QED) is 0.463. The minimum Gasteiger partial charge on any atom is -0.493 e. The molecule has 0 spiro atoms. The molecule has 0 fully saturated rings. The number of hydrazone groups is 1. The topological polar surface area (TPSA) is 110 Å². The third kappa shape index (κ3) is 4.41. The van der Waals surface area contributed by atoms with E-state index in [9.17, 15) is 9.59 Å². The number of carbonyl (C=O) groups excluding carboxylic acids is 1. The molecule has 0 bridgehead atoms. The predicted octanol–water partition coefficient (Wildman–Crippen LogP) is 3.32. The van der Waals surface area contributed by atoms with E-state index in [1.165, 1.54) is 19.4 Å². The van der Waals surface area contributed by atoms with Crippen molar-refractivity contribution >= 4 is 40.7 Å². The van der Waals surface area contributed by atoms with Gasteiger partial charge in [-0.15, -0.1) is 0 Å². The number of halogens is 1. The number of benzene rings is 2. The van der Waals surface area contributed by atoms with Gasteiger partial charge in [-0.25, -0.2) is 10.2 Å². The van der Waals surface area contributed by atoms with Crippen LogP contribution in [-0.4, -0.2) is 36.9 Å². The molecule has 0 radical (unpaired) electrons. The van der Waals surface area contributed by atoms with Crippen LogP contribution >= 0.6 is 11.6 Å². The lowest BCUT2D eigenvalue weighted by atomic mass is 10.2. The minimum atomic E-state index is -1.14. The lowest BCUT2D eigenvalue weighted by Crippen LogP contribution is -2.16. The lowest BCUT2D eigenvalue weighted by molar-refractivity contribution is -0.139. The number of carboxylic acids is 1. The Hall–Kier alpha value is -3.52. The van der Waals surface area contributed by atoms with Gasteiger partial charge in [0.15, 0.2) is 23.9 Å². The number of furan rings is 1. The zero-order valence-corrected chi connectivity index (χ0v) is 15.4. The molecule has 2 N–H and O–H groups in total. The van der Waals surface area contributed by atoms with Crippen LogP contribution in [0.2, 0.25) is 5.02 Å². The van der Waals surface area contributed by atoms with E-state index < -0.39 is 18.5 Å². The molecule has 0 aliphatic rings. The summed E-state index contributed by atoms with van der Waals surface area (Å²) in [4.78, 5) is 22.8. The number of carbonyl (C=O) groups is 2. The standard InChI is InChI=1S/C19H15ClN2O6/c1-26-15-7-11(6-13(20)18(15)27-10-17(23)24)9-21-22-19(25)16-8-12-4-2-3-5-14(12)28-16/h2-9H,10H2,1H3,(H,22,25)(H,23,24)/b21-9+. The van der Waals surface area contributed by atoms with Crippen LogP contribution in [-0.2, 0) is 4.79 Å². The van der Waals surface area contributed by atoms with Gasteiger partial charge in [0.2, 0.25) is 0 Å². The number of hydrogen-bond donors (Lipinski definition) is 2. The van der Waals surface area contributed by atoms with E-state index in [4.69, 9.17) is 30.6 Å². The molecule has 0 aliphatic heterocycles. The third-order valence-electron chi connectivity index (χ3n) is 3.62. The Labute approximate surface area is 164 Å². The van der Waals surface area contributed by atoms with Gasteiger partial charge in [0.1, 0.15) is 5.58 Å². The number of fused-ring (bicyclic) bond motifs is 1. The van der Waals surface area contributed by atoms with Gasteiger partial charge in [0.05, 0.1) is 18.3 Å². The Balaban J connectivity index is 1.71. The zero-order valence-electron chi connectivity index (χ0n) is 14.6. The van der Waals surface area contributed by atoms with Crippen LogP contribution in [0.25, 0.3) is 11.0 Å². The van der Waals surface area contributed by atoms with Crippen LogP contribution in [0, 0.1) is 0 Å². The smallest absolute Gasteiger partial charge is 0.341 e. The predicted molar refractivity (Wildman–Crippen MR) is 102 cm³/mol. The summed E-state index contributed by atoms with van der Waals surface area (Å²) in [5, 5.41) is 13.5. The van der Waals surface area contributed by atoms with Crippen molar-refractivity contribution in [2.24, 2.45) is 5.10 Å². The number of amides is 1. The zero-order chi connectivity index (χ0) is 20.1. The van der Waals surface area contributed by atoms with Crippen molar-refractivity contribution in [3.63, 3.8) is 0 Å². The first-order chi connectivity index (χ1) is 13.5. The Morgan fingerprint density at radius 2 is 2.07 bits per heavy atom. The van der Waals surface area contributed by atoms with Crippen LogP contribution < -0.4 is 14.9 Å². The summed E-state index contributed by atoms with van der Waals surface area (Å²) in [7, 11) is 1.39. The summed E-state index contributed by atoms with van der Waals surface area (Å²) < 4.78 is 15.7. The van der Waals surface area contributed by atoms with Crippen LogP contribution in [0.3, 0.4) is 0 Å². The van der Waals surface area contributed by atoms with E-state index in [1.807, 2.05) is 18.2 Å². The average Bonchev–Trinajstić information content (AvgIpc) is 3.11. The summed E-state index contributed by atoms with van der Waals surface area (Å²) in [6.07, 6.45) is 1.36. The summed E-state index contributed by atoms with van der Waals surface area (Å²) in [5.74, 6) is -1.18. The van der Waals surface area contributed by atoms with Gasteiger partial charge in [0, 0.05) is 5.39 Å². The van der Waals surface area contributed by atoms with Crippen molar-refractivity contribution in [1.29, 1.82) is 0 Å². The molecule has 3 aromatic rings. The Morgan fingerprint density at radius 3 is 2.79 bits per heavy atom. The molecule has 0 saturated carbocycles. The summed E-state index contributed by atoms with van der Waals surface area (Å²) in [6, 6.07) is 11.9. The maximum atomic E-state index is 12.2. The van der Waals surface area contributed by atoms with Crippen molar-refractivity contribution in [2.75, 3.05) is 13.7 Å². The molecule has 2 aromatic carbocycles.